The van der Waals surface area contributed by atoms with Crippen molar-refractivity contribution in [3.63, 3.8) is 0 Å². The second-order valence-electron chi connectivity index (χ2n) is 4.94. The molecule has 0 bridgehead atoms. The highest BCUT2D eigenvalue weighted by atomic mass is 19.2. The highest BCUT2D eigenvalue weighted by Crippen LogP contribution is 2.22. The minimum absolute atomic E-state index is 0.0672. The molecule has 0 atom stereocenters. The summed E-state index contributed by atoms with van der Waals surface area (Å²) in [6.07, 6.45) is 1.82. The summed E-state index contributed by atoms with van der Waals surface area (Å²) in [4.78, 5) is 0. The summed E-state index contributed by atoms with van der Waals surface area (Å²) >= 11 is 0. The number of halogens is 3. The Morgan fingerprint density at radius 2 is 1.90 bits per heavy atom. The molecule has 0 spiro atoms. The lowest BCUT2D eigenvalue weighted by Gasteiger charge is -2.09. The Bertz CT molecular complexity index is 620. The molecule has 2 aromatic rings. The first-order chi connectivity index (χ1) is 9.40. The van der Waals surface area contributed by atoms with Crippen LogP contribution in [-0.2, 0) is 13.6 Å². The molecule has 1 N–H and O–H groups in total. The molecule has 0 aliphatic rings. The van der Waals surface area contributed by atoms with Crippen LogP contribution in [0.3, 0.4) is 0 Å². The topological polar surface area (TPSA) is 29.9 Å². The van der Waals surface area contributed by atoms with Crippen LogP contribution in [-0.4, -0.2) is 9.78 Å². The lowest BCUT2D eigenvalue weighted by Crippen LogP contribution is -2.05. The fraction of sp³-hybridized carbons (Fsp3) is 0.357. The Balaban J connectivity index is 2.19. The second kappa shape index (κ2) is 5.56. The van der Waals surface area contributed by atoms with Crippen LogP contribution in [0.15, 0.2) is 18.3 Å². The highest BCUT2D eigenvalue weighted by molar-refractivity contribution is 5.46. The van der Waals surface area contributed by atoms with Gasteiger partial charge in [-0.1, -0.05) is 13.8 Å². The smallest absolute Gasteiger partial charge is 0.196 e. The summed E-state index contributed by atoms with van der Waals surface area (Å²) in [6.45, 7) is 4.30. The van der Waals surface area contributed by atoms with Crippen molar-refractivity contribution >= 4 is 5.69 Å². The summed E-state index contributed by atoms with van der Waals surface area (Å²) in [5, 5.41) is 7.10. The van der Waals surface area contributed by atoms with E-state index in [1.807, 2.05) is 20.0 Å². The first-order valence-electron chi connectivity index (χ1n) is 6.30. The van der Waals surface area contributed by atoms with Crippen molar-refractivity contribution in [2.24, 2.45) is 7.05 Å². The van der Waals surface area contributed by atoms with E-state index in [9.17, 15) is 13.2 Å². The van der Waals surface area contributed by atoms with Gasteiger partial charge in [0.1, 0.15) is 0 Å². The van der Waals surface area contributed by atoms with Crippen molar-refractivity contribution in [3.8, 4) is 0 Å². The van der Waals surface area contributed by atoms with E-state index in [0.29, 0.717) is 6.54 Å². The average molecular weight is 283 g/mol. The van der Waals surface area contributed by atoms with Gasteiger partial charge in [-0.15, -0.1) is 0 Å². The molecule has 6 heteroatoms. The van der Waals surface area contributed by atoms with Crippen LogP contribution in [0, 0.1) is 17.5 Å². The molecule has 0 unspecified atom stereocenters. The zero-order valence-electron chi connectivity index (χ0n) is 11.5. The first-order valence-corrected chi connectivity index (χ1v) is 6.30. The number of aromatic nitrogens is 2. The van der Waals surface area contributed by atoms with Crippen molar-refractivity contribution in [1.82, 2.24) is 9.78 Å². The Hall–Kier alpha value is -1.98. The number of rotatable bonds is 4. The van der Waals surface area contributed by atoms with Crippen LogP contribution >= 0.6 is 0 Å². The van der Waals surface area contributed by atoms with E-state index in [1.54, 1.807) is 11.7 Å². The molecule has 1 aromatic heterocycles. The lowest BCUT2D eigenvalue weighted by molar-refractivity contribution is 0.449. The molecular weight excluding hydrogens is 267 g/mol. The van der Waals surface area contributed by atoms with Crippen LogP contribution in [0.5, 0.6) is 0 Å². The van der Waals surface area contributed by atoms with Crippen LogP contribution < -0.4 is 5.32 Å². The zero-order chi connectivity index (χ0) is 14.9. The van der Waals surface area contributed by atoms with Crippen LogP contribution in [0.1, 0.15) is 31.0 Å². The molecule has 0 aliphatic heterocycles. The molecule has 0 aliphatic carbocycles. The summed E-state index contributed by atoms with van der Waals surface area (Å²) < 4.78 is 41.2. The Morgan fingerprint density at radius 1 is 1.20 bits per heavy atom. The number of nitrogens with zero attached hydrogens (tertiary/aromatic N) is 2. The molecule has 0 saturated heterocycles. The monoisotopic (exact) mass is 283 g/mol. The van der Waals surface area contributed by atoms with E-state index in [2.05, 4.69) is 10.4 Å². The summed E-state index contributed by atoms with van der Waals surface area (Å²) in [5.41, 5.74) is 1.72. The number of benzene rings is 1. The van der Waals surface area contributed by atoms with Gasteiger partial charge in [-0.2, -0.15) is 5.10 Å². The minimum atomic E-state index is -1.47. The van der Waals surface area contributed by atoms with Crippen molar-refractivity contribution in [1.29, 1.82) is 0 Å². The van der Waals surface area contributed by atoms with E-state index < -0.39 is 17.5 Å². The molecule has 3 nitrogen and oxygen atoms in total. The van der Waals surface area contributed by atoms with Gasteiger partial charge in [0.25, 0.3) is 0 Å². The molecule has 0 saturated carbocycles. The van der Waals surface area contributed by atoms with Gasteiger partial charge >= 0.3 is 0 Å². The third kappa shape index (κ3) is 2.79. The number of hydrogen-bond donors (Lipinski definition) is 1. The third-order valence-corrected chi connectivity index (χ3v) is 2.99. The van der Waals surface area contributed by atoms with Gasteiger partial charge < -0.3 is 5.32 Å². The Kier molecular flexibility index (Phi) is 4.01. The van der Waals surface area contributed by atoms with Gasteiger partial charge in [0.2, 0.25) is 0 Å². The first kappa shape index (κ1) is 14.4. The molecule has 108 valence electrons. The van der Waals surface area contributed by atoms with Crippen LogP contribution in [0.4, 0.5) is 18.9 Å². The molecule has 0 radical (unpaired) electrons. The number of nitrogens with one attached hydrogen (secondary N) is 1. The van der Waals surface area contributed by atoms with E-state index in [-0.39, 0.29) is 11.6 Å². The largest absolute Gasteiger partial charge is 0.378 e. The molecule has 20 heavy (non-hydrogen) atoms. The maximum Gasteiger partial charge on any atom is 0.196 e. The number of hydrogen-bond acceptors (Lipinski definition) is 2. The third-order valence-electron chi connectivity index (χ3n) is 2.99. The summed E-state index contributed by atoms with van der Waals surface area (Å²) in [7, 11) is 1.80. The van der Waals surface area contributed by atoms with Gasteiger partial charge in [0.05, 0.1) is 11.4 Å². The normalized spacial score (nSPS) is 11.2. The van der Waals surface area contributed by atoms with Gasteiger partial charge in [-0.3, -0.25) is 4.68 Å². The van der Waals surface area contributed by atoms with E-state index in [4.69, 9.17) is 0 Å². The summed E-state index contributed by atoms with van der Waals surface area (Å²) in [6, 6.07) is 2.08. The molecule has 1 aromatic carbocycles. The van der Waals surface area contributed by atoms with E-state index >= 15 is 0 Å². The SMILES string of the molecule is CC(C)c1nn(C)cc1CNc1ccc(F)c(F)c1F. The van der Waals surface area contributed by atoms with Crippen molar-refractivity contribution in [3.05, 3.63) is 47.0 Å². The van der Waals surface area contributed by atoms with Crippen LogP contribution in [0.2, 0.25) is 0 Å². The molecule has 1 heterocycles. The molecular formula is C14H16F3N3. The van der Waals surface area contributed by atoms with Crippen LogP contribution in [0.25, 0.3) is 0 Å². The predicted octanol–water partition coefficient (Wildman–Crippen LogP) is 3.57. The zero-order valence-corrected chi connectivity index (χ0v) is 11.5. The number of anilines is 1. The molecule has 0 amide bonds. The number of aryl methyl sites for hydroxylation is 1. The maximum absolute atomic E-state index is 13.5. The lowest BCUT2D eigenvalue weighted by atomic mass is 10.1. The molecule has 2 rings (SSSR count). The van der Waals surface area contributed by atoms with E-state index in [0.717, 1.165) is 17.3 Å². The van der Waals surface area contributed by atoms with Crippen molar-refractivity contribution < 1.29 is 13.2 Å². The second-order valence-corrected chi connectivity index (χ2v) is 4.94. The van der Waals surface area contributed by atoms with E-state index in [1.165, 1.54) is 6.07 Å². The summed E-state index contributed by atoms with van der Waals surface area (Å²) in [5.74, 6) is -3.65. The van der Waals surface area contributed by atoms with Gasteiger partial charge in [-0.05, 0) is 18.1 Å². The fourth-order valence-corrected chi connectivity index (χ4v) is 2.03. The molecule has 0 fully saturated rings. The van der Waals surface area contributed by atoms with Gasteiger partial charge in [-0.25, -0.2) is 13.2 Å². The average Bonchev–Trinajstić information content (AvgIpc) is 2.77. The van der Waals surface area contributed by atoms with Gasteiger partial charge in [0.15, 0.2) is 17.5 Å². The maximum atomic E-state index is 13.5. The fourth-order valence-electron chi connectivity index (χ4n) is 2.03. The van der Waals surface area contributed by atoms with Crippen molar-refractivity contribution in [2.75, 3.05) is 5.32 Å². The standard InChI is InChI=1S/C14H16F3N3/c1-8(2)14-9(7-20(3)19-14)6-18-11-5-4-10(15)12(16)13(11)17/h4-5,7-8,18H,6H2,1-3H3. The van der Waals surface area contributed by atoms with Crippen molar-refractivity contribution in [2.45, 2.75) is 26.3 Å². The quantitative estimate of drug-likeness (QED) is 0.869. The predicted molar refractivity (Wildman–Crippen MR) is 70.9 cm³/mol. The highest BCUT2D eigenvalue weighted by Gasteiger charge is 2.15. The Morgan fingerprint density at radius 3 is 2.55 bits per heavy atom. The van der Waals surface area contributed by atoms with Gasteiger partial charge in [0, 0.05) is 25.4 Å². The Labute approximate surface area is 115 Å². The minimum Gasteiger partial charge on any atom is -0.378 e.